The molecule has 0 aliphatic heterocycles. The zero-order chi connectivity index (χ0) is 39.0. The molecule has 4 heteroatoms. The van der Waals surface area contributed by atoms with E-state index < -0.39 is 8.60 Å². The number of rotatable bonds is 30. The molecule has 0 N–H and O–H groups in total. The molecule has 0 saturated heterocycles. The van der Waals surface area contributed by atoms with Crippen LogP contribution in [0, 0.1) is 19.9 Å². The number of benzene rings is 2. The van der Waals surface area contributed by atoms with Crippen molar-refractivity contribution < 1.29 is 13.6 Å². The molecule has 0 fully saturated rings. The molecule has 0 aliphatic rings. The van der Waals surface area contributed by atoms with Crippen LogP contribution in [0.15, 0.2) is 24.3 Å². The first-order valence-corrected chi connectivity index (χ1v) is 23.4. The van der Waals surface area contributed by atoms with E-state index in [-0.39, 0.29) is 10.8 Å². The SMILES string of the molecule is CCCCCCCCCCCCCOP(OCCCCCCCCCCCCC)Oc1cc(C)c(Cc2cc(C(C)(C)C)[c]cc2C)cc1C(C)(C)C. The molecule has 53 heavy (non-hydrogen) atoms. The minimum absolute atomic E-state index is 0.0734. The summed E-state index contributed by atoms with van der Waals surface area (Å²) in [4.78, 5) is 0. The van der Waals surface area contributed by atoms with Crippen molar-refractivity contribution in [2.45, 2.75) is 228 Å². The summed E-state index contributed by atoms with van der Waals surface area (Å²) in [6, 6.07) is 12.7. The fourth-order valence-corrected chi connectivity index (χ4v) is 8.04. The second kappa shape index (κ2) is 27.2. The second-order valence-corrected chi connectivity index (χ2v) is 19.2. The van der Waals surface area contributed by atoms with E-state index in [1.807, 2.05) is 0 Å². The molecule has 2 rings (SSSR count). The fourth-order valence-electron chi connectivity index (χ4n) is 7.00. The van der Waals surface area contributed by atoms with E-state index in [9.17, 15) is 0 Å². The lowest BCUT2D eigenvalue weighted by molar-refractivity contribution is 0.197. The van der Waals surface area contributed by atoms with Crippen molar-refractivity contribution in [1.82, 2.24) is 0 Å². The van der Waals surface area contributed by atoms with Crippen LogP contribution < -0.4 is 4.52 Å². The monoisotopic (exact) mass is 752 g/mol. The number of unbranched alkanes of at least 4 members (excludes halogenated alkanes) is 20. The standard InChI is InChI=1S/C49H84O3P/c1-11-13-15-17-19-21-23-25-27-29-31-35-50-53(51-36-32-30-28-26-24-22-20-18-16-14-12-2)52-47-37-42(4)44(40-46(47)49(8,9)10)38-43-39-45(48(5,6)7)34-33-41(43)3/h33,37,39-40H,11-32,35-36,38H2,1-10H3. The zero-order valence-corrected chi connectivity index (χ0v) is 37.6. The summed E-state index contributed by atoms with van der Waals surface area (Å²) in [6.45, 7) is 24.1. The number of aryl methyl sites for hydroxylation is 2. The average molecular weight is 752 g/mol. The van der Waals surface area contributed by atoms with E-state index in [0.29, 0.717) is 13.2 Å². The highest BCUT2D eigenvalue weighted by Gasteiger charge is 2.25. The zero-order valence-electron chi connectivity index (χ0n) is 36.7. The molecule has 0 spiro atoms. The van der Waals surface area contributed by atoms with Gasteiger partial charge in [-0.05, 0) is 83.9 Å². The Balaban J connectivity index is 2.02. The highest BCUT2D eigenvalue weighted by Crippen LogP contribution is 2.45. The third kappa shape index (κ3) is 20.9. The molecule has 1 radical (unpaired) electrons. The van der Waals surface area contributed by atoms with Crippen molar-refractivity contribution in [1.29, 1.82) is 0 Å². The van der Waals surface area contributed by atoms with Gasteiger partial charge >= 0.3 is 8.60 Å². The lowest BCUT2D eigenvalue weighted by atomic mass is 9.82. The van der Waals surface area contributed by atoms with Crippen LogP contribution in [0.2, 0.25) is 0 Å². The molecule has 0 amide bonds. The predicted octanol–water partition coefficient (Wildman–Crippen LogP) is 16.6. The van der Waals surface area contributed by atoms with Crippen molar-refractivity contribution in [3.63, 3.8) is 0 Å². The van der Waals surface area contributed by atoms with Gasteiger partial charge in [0.05, 0.1) is 13.2 Å². The summed E-state index contributed by atoms with van der Waals surface area (Å²) < 4.78 is 19.6. The third-order valence-electron chi connectivity index (χ3n) is 10.8. The first kappa shape index (κ1) is 47.7. The van der Waals surface area contributed by atoms with Gasteiger partial charge < -0.3 is 13.6 Å². The van der Waals surface area contributed by atoms with Gasteiger partial charge in [-0.15, -0.1) is 0 Å². The van der Waals surface area contributed by atoms with Crippen molar-refractivity contribution in [2.75, 3.05) is 13.2 Å². The quantitative estimate of drug-likeness (QED) is 0.0588. The summed E-state index contributed by atoms with van der Waals surface area (Å²) >= 11 is 0. The van der Waals surface area contributed by atoms with Crippen molar-refractivity contribution in [2.24, 2.45) is 0 Å². The topological polar surface area (TPSA) is 27.7 Å². The van der Waals surface area contributed by atoms with Crippen LogP contribution in [0.5, 0.6) is 5.75 Å². The van der Waals surface area contributed by atoms with E-state index in [1.54, 1.807) is 0 Å². The summed E-state index contributed by atoms with van der Waals surface area (Å²) in [5, 5.41) is 0. The van der Waals surface area contributed by atoms with Crippen LogP contribution in [0.4, 0.5) is 0 Å². The Hall–Kier alpha value is -1.41. The first-order chi connectivity index (χ1) is 25.4. The van der Waals surface area contributed by atoms with Crippen LogP contribution in [-0.2, 0) is 26.3 Å². The van der Waals surface area contributed by atoms with Gasteiger partial charge in [0, 0.05) is 5.56 Å². The van der Waals surface area contributed by atoms with Gasteiger partial charge in [0.25, 0.3) is 0 Å². The van der Waals surface area contributed by atoms with Gasteiger partial charge in [-0.1, -0.05) is 202 Å². The maximum absolute atomic E-state index is 6.76. The molecular weight excluding hydrogens is 668 g/mol. The van der Waals surface area contributed by atoms with Gasteiger partial charge in [-0.25, -0.2) is 0 Å². The van der Waals surface area contributed by atoms with Gasteiger partial charge in [0.15, 0.2) is 0 Å². The van der Waals surface area contributed by atoms with E-state index in [1.165, 1.54) is 162 Å². The summed E-state index contributed by atoms with van der Waals surface area (Å²) in [5.74, 6) is 0.913. The molecule has 2 aromatic rings. The van der Waals surface area contributed by atoms with Crippen molar-refractivity contribution >= 4 is 8.60 Å². The molecule has 0 aromatic heterocycles. The Morgan fingerprint density at radius 3 is 1.34 bits per heavy atom. The molecule has 0 aliphatic carbocycles. The molecular formula is C49H84O3P. The molecule has 3 nitrogen and oxygen atoms in total. The predicted molar refractivity (Wildman–Crippen MR) is 234 cm³/mol. The smallest absolute Gasteiger partial charge is 0.397 e. The highest BCUT2D eigenvalue weighted by atomic mass is 31.2. The summed E-state index contributed by atoms with van der Waals surface area (Å²) in [7, 11) is -1.47. The summed E-state index contributed by atoms with van der Waals surface area (Å²) in [5.41, 5.74) is 7.75. The summed E-state index contributed by atoms with van der Waals surface area (Å²) in [6.07, 6.45) is 30.1. The lowest BCUT2D eigenvalue weighted by Gasteiger charge is -2.27. The van der Waals surface area contributed by atoms with Crippen LogP contribution in [-0.4, -0.2) is 13.2 Å². The van der Waals surface area contributed by atoms with E-state index >= 15 is 0 Å². The Kier molecular flexibility index (Phi) is 24.5. The largest absolute Gasteiger partial charge is 0.426 e. The Morgan fingerprint density at radius 1 is 0.509 bits per heavy atom. The first-order valence-electron chi connectivity index (χ1n) is 22.3. The molecule has 303 valence electrons. The maximum atomic E-state index is 6.76. The van der Waals surface area contributed by atoms with Crippen LogP contribution in [0.25, 0.3) is 0 Å². The molecule has 0 unspecified atom stereocenters. The van der Waals surface area contributed by atoms with Crippen LogP contribution in [0.3, 0.4) is 0 Å². The maximum Gasteiger partial charge on any atom is 0.397 e. The minimum Gasteiger partial charge on any atom is -0.426 e. The molecule has 0 atom stereocenters. The fraction of sp³-hybridized carbons (Fsp3) is 0.755. The van der Waals surface area contributed by atoms with Gasteiger partial charge in [0.2, 0.25) is 0 Å². The highest BCUT2D eigenvalue weighted by molar-refractivity contribution is 7.42. The average Bonchev–Trinajstić information content (AvgIpc) is 3.10. The number of hydrogen-bond donors (Lipinski definition) is 0. The molecule has 0 bridgehead atoms. The third-order valence-corrected chi connectivity index (χ3v) is 11.9. The van der Waals surface area contributed by atoms with Gasteiger partial charge in [0.1, 0.15) is 5.75 Å². The minimum atomic E-state index is -1.47. The van der Waals surface area contributed by atoms with Crippen LogP contribution in [0.1, 0.15) is 230 Å². The Morgan fingerprint density at radius 2 is 0.925 bits per heavy atom. The van der Waals surface area contributed by atoms with E-state index in [4.69, 9.17) is 13.6 Å². The van der Waals surface area contributed by atoms with E-state index in [0.717, 1.165) is 25.0 Å². The number of hydrogen-bond acceptors (Lipinski definition) is 3. The van der Waals surface area contributed by atoms with Gasteiger partial charge in [-0.3, -0.25) is 0 Å². The Labute approximate surface area is 331 Å². The molecule has 0 saturated carbocycles. The van der Waals surface area contributed by atoms with Crippen molar-refractivity contribution in [3.8, 4) is 5.75 Å². The Bertz CT molecular complexity index is 1200. The van der Waals surface area contributed by atoms with Gasteiger partial charge in [-0.2, -0.15) is 0 Å². The normalized spacial score (nSPS) is 12.3. The second-order valence-electron chi connectivity index (χ2n) is 18.1. The molecule has 2 aromatic carbocycles. The van der Waals surface area contributed by atoms with E-state index in [2.05, 4.69) is 99.6 Å². The van der Waals surface area contributed by atoms with Crippen LogP contribution >= 0.6 is 8.60 Å². The lowest BCUT2D eigenvalue weighted by Crippen LogP contribution is -2.15. The van der Waals surface area contributed by atoms with Crippen molar-refractivity contribution in [3.05, 3.63) is 63.7 Å². The molecule has 0 heterocycles.